The highest BCUT2D eigenvalue weighted by Crippen LogP contribution is 2.46. The molecule has 3 rings (SSSR count). The number of pyridine rings is 1. The van der Waals surface area contributed by atoms with Crippen molar-refractivity contribution in [2.75, 3.05) is 12.3 Å². The zero-order valence-electron chi connectivity index (χ0n) is 14.3. The maximum absolute atomic E-state index is 6.53. The lowest BCUT2D eigenvalue weighted by molar-refractivity contribution is 0.237. The van der Waals surface area contributed by atoms with Crippen LogP contribution in [0.5, 0.6) is 11.5 Å². The average Bonchev–Trinajstić information content (AvgIpc) is 2.53. The molecule has 1 aliphatic heterocycles. The van der Waals surface area contributed by atoms with E-state index in [0.29, 0.717) is 47.4 Å². The number of hydrogen-bond acceptors (Lipinski definition) is 4. The number of hydrogen-bond donors (Lipinski definition) is 1. The van der Waals surface area contributed by atoms with E-state index in [4.69, 9.17) is 26.8 Å². The number of nitrogens with zero attached hydrogens (tertiary/aromatic N) is 1. The number of halogens is 1. The summed E-state index contributed by atoms with van der Waals surface area (Å²) in [6.07, 6.45) is 2.87. The third-order valence-electron chi connectivity index (χ3n) is 4.13. The average molecular weight is 347 g/mol. The van der Waals surface area contributed by atoms with Gasteiger partial charge in [0.1, 0.15) is 28.9 Å². The van der Waals surface area contributed by atoms with E-state index in [2.05, 4.69) is 25.8 Å². The molecule has 1 atom stereocenters. The van der Waals surface area contributed by atoms with Gasteiger partial charge in [-0.3, -0.25) is 0 Å². The van der Waals surface area contributed by atoms with Crippen LogP contribution in [-0.2, 0) is 6.61 Å². The Labute approximate surface area is 147 Å². The van der Waals surface area contributed by atoms with E-state index in [1.807, 2.05) is 18.2 Å². The molecule has 2 aromatic rings. The third-order valence-corrected chi connectivity index (χ3v) is 4.49. The van der Waals surface area contributed by atoms with Gasteiger partial charge in [0.05, 0.1) is 6.61 Å². The summed E-state index contributed by atoms with van der Waals surface area (Å²) < 4.78 is 11.8. The highest BCUT2D eigenvalue weighted by molar-refractivity contribution is 6.34. The summed E-state index contributed by atoms with van der Waals surface area (Å²) >= 11 is 6.53. The van der Waals surface area contributed by atoms with E-state index in [0.717, 1.165) is 23.1 Å². The monoisotopic (exact) mass is 346 g/mol. The van der Waals surface area contributed by atoms with E-state index in [-0.39, 0.29) is 0 Å². The zero-order valence-corrected chi connectivity index (χ0v) is 15.1. The summed E-state index contributed by atoms with van der Waals surface area (Å²) in [4.78, 5) is 4.12. The molecule has 2 heterocycles. The third kappa shape index (κ3) is 3.44. The number of nitrogens with two attached hydrogens (primary N) is 1. The van der Waals surface area contributed by atoms with Gasteiger partial charge in [-0.25, -0.2) is 4.98 Å². The molecule has 0 spiro atoms. The van der Waals surface area contributed by atoms with Crippen LogP contribution in [0, 0.1) is 11.8 Å². The minimum absolute atomic E-state index is 0.433. The highest BCUT2D eigenvalue weighted by Gasteiger charge is 2.23. The minimum atomic E-state index is 0.433. The molecule has 4 nitrogen and oxygen atoms in total. The standard InChI is InChI=1S/C19H23ClN2O2/c1-11(2)6-12(3)9-23-16-5-4-14-15-7-17(21)22-8-13(15)10-24-19(14)18(16)20/h4-5,7-8,11-12H,6,9-10H2,1-3H3,(H2,21,22)/t12-/m1/s1. The predicted molar refractivity (Wildman–Crippen MR) is 97.5 cm³/mol. The Hall–Kier alpha value is -1.94. The van der Waals surface area contributed by atoms with E-state index >= 15 is 0 Å². The molecular weight excluding hydrogens is 324 g/mol. The maximum atomic E-state index is 6.53. The number of rotatable bonds is 5. The van der Waals surface area contributed by atoms with Gasteiger partial charge in [0.25, 0.3) is 0 Å². The van der Waals surface area contributed by atoms with E-state index < -0.39 is 0 Å². The fraction of sp³-hybridized carbons (Fsp3) is 0.421. The van der Waals surface area contributed by atoms with Gasteiger partial charge in [-0.1, -0.05) is 32.4 Å². The van der Waals surface area contributed by atoms with Crippen LogP contribution < -0.4 is 15.2 Å². The number of benzene rings is 1. The van der Waals surface area contributed by atoms with Gasteiger partial charge in [-0.2, -0.15) is 0 Å². The molecule has 0 bridgehead atoms. The van der Waals surface area contributed by atoms with Crippen molar-refractivity contribution in [3.05, 3.63) is 35.0 Å². The summed E-state index contributed by atoms with van der Waals surface area (Å²) in [7, 11) is 0. The largest absolute Gasteiger partial charge is 0.492 e. The molecule has 1 aliphatic rings. The molecule has 0 unspecified atom stereocenters. The van der Waals surface area contributed by atoms with E-state index in [1.165, 1.54) is 0 Å². The Morgan fingerprint density at radius 3 is 2.83 bits per heavy atom. The molecule has 1 aromatic carbocycles. The number of anilines is 1. The molecule has 5 heteroatoms. The van der Waals surface area contributed by atoms with Crippen molar-refractivity contribution in [3.8, 4) is 22.6 Å². The van der Waals surface area contributed by atoms with Crippen LogP contribution in [0.25, 0.3) is 11.1 Å². The van der Waals surface area contributed by atoms with Crippen molar-refractivity contribution < 1.29 is 9.47 Å². The molecule has 128 valence electrons. The smallest absolute Gasteiger partial charge is 0.150 e. The molecule has 24 heavy (non-hydrogen) atoms. The van der Waals surface area contributed by atoms with Crippen molar-refractivity contribution in [1.29, 1.82) is 0 Å². The summed E-state index contributed by atoms with van der Waals surface area (Å²) in [6, 6.07) is 5.73. The predicted octanol–water partition coefficient (Wildman–Crippen LogP) is 4.94. The topological polar surface area (TPSA) is 57.4 Å². The van der Waals surface area contributed by atoms with E-state index in [9.17, 15) is 0 Å². The molecule has 1 aromatic heterocycles. The Kier molecular flexibility index (Phi) is 4.86. The molecule has 0 radical (unpaired) electrons. The second-order valence-corrected chi connectivity index (χ2v) is 7.23. The first-order chi connectivity index (χ1) is 11.5. The molecule has 0 saturated carbocycles. The van der Waals surface area contributed by atoms with Crippen LogP contribution in [0.3, 0.4) is 0 Å². The van der Waals surface area contributed by atoms with Crippen LogP contribution in [0.1, 0.15) is 32.8 Å². The number of ether oxygens (including phenoxy) is 2. The van der Waals surface area contributed by atoms with Gasteiger partial charge >= 0.3 is 0 Å². The van der Waals surface area contributed by atoms with Gasteiger partial charge in [-0.05, 0) is 42.0 Å². The van der Waals surface area contributed by atoms with Gasteiger partial charge in [0, 0.05) is 17.3 Å². The SMILES string of the molecule is CC(C)C[C@@H](C)COc1ccc2c(c1Cl)OCc1cnc(N)cc1-2. The van der Waals surface area contributed by atoms with Gasteiger partial charge in [0.15, 0.2) is 0 Å². The fourth-order valence-electron chi connectivity index (χ4n) is 3.12. The first-order valence-corrected chi connectivity index (χ1v) is 8.66. The number of fused-ring (bicyclic) bond motifs is 3. The molecule has 0 saturated heterocycles. The summed E-state index contributed by atoms with van der Waals surface area (Å²) in [5, 5.41) is 0.519. The Balaban J connectivity index is 1.84. The maximum Gasteiger partial charge on any atom is 0.150 e. The second kappa shape index (κ2) is 6.89. The fourth-order valence-corrected chi connectivity index (χ4v) is 3.40. The first kappa shape index (κ1) is 16.9. The lowest BCUT2D eigenvalue weighted by Crippen LogP contribution is -2.12. The van der Waals surface area contributed by atoms with Crippen molar-refractivity contribution in [2.45, 2.75) is 33.8 Å². The normalized spacial score (nSPS) is 13.9. The summed E-state index contributed by atoms with van der Waals surface area (Å²) in [6.45, 7) is 7.70. The van der Waals surface area contributed by atoms with Crippen molar-refractivity contribution >= 4 is 17.4 Å². The van der Waals surface area contributed by atoms with Crippen LogP contribution in [0.15, 0.2) is 24.4 Å². The summed E-state index contributed by atoms with van der Waals surface area (Å²) in [5.74, 6) is 2.94. The van der Waals surface area contributed by atoms with Crippen LogP contribution in [0.4, 0.5) is 5.82 Å². The molecule has 0 fully saturated rings. The molecule has 0 amide bonds. The molecule has 0 aliphatic carbocycles. The van der Waals surface area contributed by atoms with Crippen LogP contribution >= 0.6 is 11.6 Å². The second-order valence-electron chi connectivity index (χ2n) is 6.86. The zero-order chi connectivity index (χ0) is 17.3. The quantitative estimate of drug-likeness (QED) is 0.833. The number of nitrogen functional groups attached to an aromatic ring is 1. The van der Waals surface area contributed by atoms with Gasteiger partial charge < -0.3 is 15.2 Å². The number of aromatic nitrogens is 1. The first-order valence-electron chi connectivity index (χ1n) is 8.28. The van der Waals surface area contributed by atoms with Crippen molar-refractivity contribution in [3.63, 3.8) is 0 Å². The Morgan fingerprint density at radius 2 is 2.08 bits per heavy atom. The van der Waals surface area contributed by atoms with Crippen molar-refractivity contribution in [1.82, 2.24) is 4.98 Å². The van der Waals surface area contributed by atoms with E-state index in [1.54, 1.807) is 6.20 Å². The van der Waals surface area contributed by atoms with Crippen LogP contribution in [-0.4, -0.2) is 11.6 Å². The Bertz CT molecular complexity index is 746. The van der Waals surface area contributed by atoms with Crippen LogP contribution in [0.2, 0.25) is 5.02 Å². The Morgan fingerprint density at radius 1 is 1.29 bits per heavy atom. The molecule has 2 N–H and O–H groups in total. The summed E-state index contributed by atoms with van der Waals surface area (Å²) in [5.41, 5.74) is 8.77. The highest BCUT2D eigenvalue weighted by atomic mass is 35.5. The van der Waals surface area contributed by atoms with Crippen molar-refractivity contribution in [2.24, 2.45) is 11.8 Å². The van der Waals surface area contributed by atoms with Gasteiger partial charge in [0.2, 0.25) is 0 Å². The lowest BCUT2D eigenvalue weighted by Gasteiger charge is -2.23. The lowest BCUT2D eigenvalue weighted by atomic mass is 9.98. The molecular formula is C19H23ClN2O2. The minimum Gasteiger partial charge on any atom is -0.492 e. The van der Waals surface area contributed by atoms with Gasteiger partial charge in [-0.15, -0.1) is 0 Å².